The minimum absolute atomic E-state index is 0.00970. The Morgan fingerprint density at radius 2 is 2.38 bits per heavy atom. The van der Waals surface area contributed by atoms with Crippen LogP contribution in [0.25, 0.3) is 10.2 Å². The van der Waals surface area contributed by atoms with Gasteiger partial charge in [0.2, 0.25) is 5.91 Å². The minimum atomic E-state index is -0.174. The molecule has 1 aliphatic rings. The summed E-state index contributed by atoms with van der Waals surface area (Å²) in [6, 6.07) is 0. The molecule has 2 aromatic heterocycles. The molecule has 0 saturated heterocycles. The molecule has 7 heteroatoms. The number of carbonyl (C=O) groups is 1. The molecule has 0 bridgehead atoms. The van der Waals surface area contributed by atoms with Crippen LogP contribution in [0.4, 0.5) is 0 Å². The van der Waals surface area contributed by atoms with Gasteiger partial charge in [0.05, 0.1) is 11.7 Å². The van der Waals surface area contributed by atoms with Crippen molar-refractivity contribution in [1.82, 2.24) is 14.9 Å². The number of aromatic nitrogens is 2. The number of amides is 1. The van der Waals surface area contributed by atoms with Crippen molar-refractivity contribution < 1.29 is 9.53 Å². The van der Waals surface area contributed by atoms with Crippen LogP contribution in [0.2, 0.25) is 0 Å². The molecule has 0 aliphatic heterocycles. The van der Waals surface area contributed by atoms with E-state index in [0.717, 1.165) is 41.5 Å². The van der Waals surface area contributed by atoms with E-state index in [0.29, 0.717) is 19.1 Å². The fraction of sp³-hybridized carbons (Fsp3) is 0.588. The summed E-state index contributed by atoms with van der Waals surface area (Å²) in [5, 5.41) is 3.52. The molecule has 0 fully saturated rings. The number of nitrogens with zero attached hydrogens (tertiary/aromatic N) is 2. The van der Waals surface area contributed by atoms with Crippen molar-refractivity contribution >= 4 is 27.5 Å². The number of hydrogen-bond acceptors (Lipinski definition) is 5. The van der Waals surface area contributed by atoms with Crippen LogP contribution in [0.1, 0.15) is 30.2 Å². The molecule has 0 radical (unpaired) electrons. The Morgan fingerprint density at radius 3 is 3.17 bits per heavy atom. The van der Waals surface area contributed by atoms with Crippen LogP contribution in [0, 0.1) is 5.92 Å². The number of aryl methyl sites for hydroxylation is 1. The highest BCUT2D eigenvalue weighted by molar-refractivity contribution is 7.18. The largest absolute Gasteiger partial charge is 0.385 e. The smallest absolute Gasteiger partial charge is 0.262 e. The molecule has 0 saturated carbocycles. The van der Waals surface area contributed by atoms with E-state index in [1.165, 1.54) is 15.8 Å². The first-order valence-corrected chi connectivity index (χ1v) is 9.17. The second-order valence-electron chi connectivity index (χ2n) is 6.41. The zero-order chi connectivity index (χ0) is 17.1. The van der Waals surface area contributed by atoms with Crippen LogP contribution in [-0.4, -0.2) is 35.7 Å². The quantitative estimate of drug-likeness (QED) is 0.806. The van der Waals surface area contributed by atoms with Gasteiger partial charge in [-0.05, 0) is 37.2 Å². The lowest BCUT2D eigenvalue weighted by atomic mass is 9.89. The van der Waals surface area contributed by atoms with Gasteiger partial charge < -0.3 is 10.1 Å². The maximum Gasteiger partial charge on any atom is 0.262 e. The van der Waals surface area contributed by atoms with Crippen LogP contribution in [0.15, 0.2) is 11.1 Å². The third-order valence-corrected chi connectivity index (χ3v) is 5.61. The third kappa shape index (κ3) is 3.52. The van der Waals surface area contributed by atoms with Crippen molar-refractivity contribution in [3.05, 3.63) is 27.1 Å². The van der Waals surface area contributed by atoms with E-state index in [9.17, 15) is 9.59 Å². The summed E-state index contributed by atoms with van der Waals surface area (Å²) >= 11 is 1.63. The van der Waals surface area contributed by atoms with Crippen molar-refractivity contribution in [2.75, 3.05) is 20.3 Å². The summed E-state index contributed by atoms with van der Waals surface area (Å²) in [5.74, 6) is 0.484. The Hall–Kier alpha value is -1.73. The van der Waals surface area contributed by atoms with E-state index in [1.807, 2.05) is 0 Å². The van der Waals surface area contributed by atoms with Gasteiger partial charge in [-0.3, -0.25) is 14.2 Å². The van der Waals surface area contributed by atoms with Crippen molar-refractivity contribution in [1.29, 1.82) is 0 Å². The SMILES string of the molecule is COCCCNC(=O)Cn1cnc2sc3c(c2c1=O)CCC(C)C3. The number of fused-ring (bicyclic) bond motifs is 3. The van der Waals surface area contributed by atoms with Gasteiger partial charge in [0.25, 0.3) is 5.56 Å². The molecule has 6 nitrogen and oxygen atoms in total. The molecule has 24 heavy (non-hydrogen) atoms. The number of thiophene rings is 1. The third-order valence-electron chi connectivity index (χ3n) is 4.44. The van der Waals surface area contributed by atoms with Gasteiger partial charge in [0.15, 0.2) is 0 Å². The van der Waals surface area contributed by atoms with E-state index in [-0.39, 0.29) is 18.0 Å². The Morgan fingerprint density at radius 1 is 1.54 bits per heavy atom. The average molecular weight is 349 g/mol. The number of ether oxygens (including phenoxy) is 1. The highest BCUT2D eigenvalue weighted by atomic mass is 32.1. The normalized spacial score (nSPS) is 17.0. The van der Waals surface area contributed by atoms with Crippen LogP contribution in [-0.2, 0) is 28.9 Å². The molecule has 1 N–H and O–H groups in total. The molecule has 1 atom stereocenters. The number of rotatable bonds is 6. The Kier molecular flexibility index (Phi) is 5.30. The van der Waals surface area contributed by atoms with E-state index in [2.05, 4.69) is 17.2 Å². The molecular formula is C17H23N3O3S. The van der Waals surface area contributed by atoms with Gasteiger partial charge in [-0.25, -0.2) is 4.98 Å². The van der Waals surface area contributed by atoms with Gasteiger partial charge in [-0.1, -0.05) is 6.92 Å². The summed E-state index contributed by atoms with van der Waals surface area (Å²) in [7, 11) is 1.63. The fourth-order valence-electron chi connectivity index (χ4n) is 3.13. The zero-order valence-electron chi connectivity index (χ0n) is 14.1. The molecule has 2 heterocycles. The lowest BCUT2D eigenvalue weighted by Gasteiger charge is -2.17. The van der Waals surface area contributed by atoms with Crippen LogP contribution in [0.5, 0.6) is 0 Å². The van der Waals surface area contributed by atoms with Gasteiger partial charge in [-0.15, -0.1) is 11.3 Å². The highest BCUT2D eigenvalue weighted by Crippen LogP contribution is 2.35. The first-order chi connectivity index (χ1) is 11.6. The molecular weight excluding hydrogens is 326 g/mol. The summed E-state index contributed by atoms with van der Waals surface area (Å²) in [6.45, 7) is 3.40. The van der Waals surface area contributed by atoms with E-state index >= 15 is 0 Å². The molecule has 130 valence electrons. The molecule has 1 amide bonds. The summed E-state index contributed by atoms with van der Waals surface area (Å²) in [5.41, 5.74) is 1.06. The van der Waals surface area contributed by atoms with Crippen molar-refractivity contribution in [2.24, 2.45) is 5.92 Å². The molecule has 1 aliphatic carbocycles. The number of carbonyl (C=O) groups excluding carboxylic acids is 1. The second-order valence-corrected chi connectivity index (χ2v) is 7.49. The molecule has 1 unspecified atom stereocenters. The maximum absolute atomic E-state index is 12.8. The molecule has 0 spiro atoms. The standard InChI is InChI=1S/C17H23N3O3S/c1-11-4-5-12-13(8-11)24-16-15(12)17(22)20(10-19-16)9-14(21)18-6-3-7-23-2/h10-11H,3-9H2,1-2H3,(H,18,21). The van der Waals surface area contributed by atoms with E-state index in [1.54, 1.807) is 18.4 Å². The Labute approximate surface area is 144 Å². The van der Waals surface area contributed by atoms with Gasteiger partial charge >= 0.3 is 0 Å². The lowest BCUT2D eigenvalue weighted by molar-refractivity contribution is -0.121. The molecule has 2 aromatic rings. The Bertz CT molecular complexity index is 796. The predicted molar refractivity (Wildman–Crippen MR) is 94.6 cm³/mol. The first kappa shape index (κ1) is 17.1. The van der Waals surface area contributed by atoms with Crippen LogP contribution in [0.3, 0.4) is 0 Å². The summed E-state index contributed by atoms with van der Waals surface area (Å²) in [6.07, 6.45) is 5.30. The molecule has 3 rings (SSSR count). The second kappa shape index (κ2) is 7.44. The van der Waals surface area contributed by atoms with E-state index in [4.69, 9.17) is 4.74 Å². The topological polar surface area (TPSA) is 73.2 Å². The number of methoxy groups -OCH3 is 1. The van der Waals surface area contributed by atoms with Gasteiger partial charge in [0, 0.05) is 25.1 Å². The van der Waals surface area contributed by atoms with Gasteiger partial charge in [-0.2, -0.15) is 0 Å². The molecule has 0 aromatic carbocycles. The van der Waals surface area contributed by atoms with Crippen molar-refractivity contribution in [2.45, 2.75) is 39.2 Å². The van der Waals surface area contributed by atoms with E-state index < -0.39 is 0 Å². The number of hydrogen-bond donors (Lipinski definition) is 1. The summed E-state index contributed by atoms with van der Waals surface area (Å²) in [4.78, 5) is 31.3. The van der Waals surface area contributed by atoms with Crippen molar-refractivity contribution in [3.63, 3.8) is 0 Å². The fourth-order valence-corrected chi connectivity index (χ4v) is 4.47. The van der Waals surface area contributed by atoms with Gasteiger partial charge in [0.1, 0.15) is 11.4 Å². The number of nitrogens with one attached hydrogen (secondary N) is 1. The first-order valence-electron chi connectivity index (χ1n) is 8.35. The van der Waals surface area contributed by atoms with Crippen LogP contribution >= 0.6 is 11.3 Å². The minimum Gasteiger partial charge on any atom is -0.385 e. The van der Waals surface area contributed by atoms with Crippen molar-refractivity contribution in [3.8, 4) is 0 Å². The predicted octanol–water partition coefficient (Wildman–Crippen LogP) is 1.74. The van der Waals surface area contributed by atoms with Crippen LogP contribution < -0.4 is 10.9 Å². The average Bonchev–Trinajstić information content (AvgIpc) is 2.92. The zero-order valence-corrected chi connectivity index (χ0v) is 14.9. The Balaban J connectivity index is 1.79. The summed E-state index contributed by atoms with van der Waals surface area (Å²) < 4.78 is 6.36. The lowest BCUT2D eigenvalue weighted by Crippen LogP contribution is -2.33. The highest BCUT2D eigenvalue weighted by Gasteiger charge is 2.23. The maximum atomic E-state index is 12.8. The monoisotopic (exact) mass is 349 g/mol.